The fraction of sp³-hybridized carbons (Fsp3) is 0.227. The van der Waals surface area contributed by atoms with Crippen LogP contribution in [0.15, 0.2) is 59.8 Å². The Morgan fingerprint density at radius 3 is 2.41 bits per heavy atom. The number of carbonyl (C=O) groups excluding carboxylic acids is 1. The molecule has 1 aromatic heterocycles. The van der Waals surface area contributed by atoms with Crippen LogP contribution in [0.4, 0.5) is 0 Å². The van der Waals surface area contributed by atoms with Crippen molar-refractivity contribution in [1.29, 1.82) is 0 Å². The zero-order chi connectivity index (χ0) is 20.8. The lowest BCUT2D eigenvalue weighted by Crippen LogP contribution is -2.07. The summed E-state index contributed by atoms with van der Waals surface area (Å²) in [6.45, 7) is 2.09. The van der Waals surface area contributed by atoms with E-state index in [9.17, 15) is 9.70 Å². The van der Waals surface area contributed by atoms with E-state index in [1.165, 1.54) is 11.3 Å². The van der Waals surface area contributed by atoms with Crippen molar-refractivity contribution in [2.45, 2.75) is 19.4 Å². The Labute approximate surface area is 178 Å². The number of hydrogen-bond acceptors (Lipinski definition) is 6. The molecule has 1 unspecified atom stereocenters. The van der Waals surface area contributed by atoms with E-state index in [1.807, 2.05) is 30.3 Å². The number of carbonyl (C=O) groups is 1. The molecule has 0 fully saturated rings. The number of benzene rings is 2. The number of rotatable bonds is 8. The number of halogens is 1. The molecule has 0 aliphatic heterocycles. The lowest BCUT2D eigenvalue weighted by molar-refractivity contribution is -0.142. The first-order valence-corrected chi connectivity index (χ1v) is 10.3. The van der Waals surface area contributed by atoms with Crippen molar-refractivity contribution in [3.8, 4) is 16.2 Å². The summed E-state index contributed by atoms with van der Waals surface area (Å²) >= 11 is 7.45. The lowest BCUT2D eigenvalue weighted by atomic mass is 10.0. The predicted molar refractivity (Wildman–Crippen MR) is 116 cm³/mol. The van der Waals surface area contributed by atoms with E-state index in [1.54, 1.807) is 38.3 Å². The molecular weight excluding hydrogens is 410 g/mol. The molecule has 1 heterocycles. The summed E-state index contributed by atoms with van der Waals surface area (Å²) in [6, 6.07) is 15.8. The molecule has 3 aromatic rings. The quantitative estimate of drug-likeness (QED) is 0.323. The molecule has 0 aliphatic rings. The molecule has 0 spiro atoms. The number of methoxy groups -OCH3 is 1. The monoisotopic (exact) mass is 429 g/mol. The molecule has 5 nitrogen and oxygen atoms in total. The summed E-state index contributed by atoms with van der Waals surface area (Å²) in [5.74, 6) is 0.390. The van der Waals surface area contributed by atoms with Crippen LogP contribution < -0.4 is 4.74 Å². The van der Waals surface area contributed by atoms with E-state index < -0.39 is 6.04 Å². The number of nitrogens with zero attached hydrogens (tertiary/aromatic N) is 1. The van der Waals surface area contributed by atoms with Gasteiger partial charge in [0.15, 0.2) is 6.04 Å². The molecule has 29 heavy (non-hydrogen) atoms. The van der Waals surface area contributed by atoms with Crippen molar-refractivity contribution < 1.29 is 14.3 Å². The van der Waals surface area contributed by atoms with Gasteiger partial charge in [-0.05, 0) is 53.9 Å². The Hall–Kier alpha value is -2.70. The third kappa shape index (κ3) is 5.02. The number of hydrogen-bond donors (Lipinski definition) is 0. The summed E-state index contributed by atoms with van der Waals surface area (Å²) in [7, 11) is 1.59. The number of thiophene rings is 1. The molecule has 0 radical (unpaired) electrons. The largest absolute Gasteiger partial charge is 0.497 e. The topological polar surface area (TPSA) is 65.0 Å². The first-order valence-electron chi connectivity index (χ1n) is 9.06. The minimum atomic E-state index is -0.673. The van der Waals surface area contributed by atoms with Crippen LogP contribution in [0, 0.1) is 4.91 Å². The van der Waals surface area contributed by atoms with Crippen molar-refractivity contribution in [3.63, 3.8) is 0 Å². The number of nitroso groups, excluding NO2 is 1. The predicted octanol–water partition coefficient (Wildman–Crippen LogP) is 6.04. The van der Waals surface area contributed by atoms with Crippen LogP contribution in [-0.2, 0) is 16.0 Å². The fourth-order valence-electron chi connectivity index (χ4n) is 2.99. The van der Waals surface area contributed by atoms with Crippen molar-refractivity contribution in [1.82, 2.24) is 0 Å². The minimum absolute atomic E-state index is 0.122. The van der Waals surface area contributed by atoms with Crippen LogP contribution in [-0.4, -0.2) is 19.7 Å². The van der Waals surface area contributed by atoms with Gasteiger partial charge in [-0.3, -0.25) is 4.79 Å². The smallest absolute Gasteiger partial charge is 0.310 e. The first-order chi connectivity index (χ1) is 14.0. The van der Waals surface area contributed by atoms with E-state index in [0.29, 0.717) is 17.4 Å². The Balaban J connectivity index is 2.02. The van der Waals surface area contributed by atoms with Crippen molar-refractivity contribution in [2.75, 3.05) is 13.7 Å². The van der Waals surface area contributed by atoms with Gasteiger partial charge in [0.2, 0.25) is 0 Å². The highest BCUT2D eigenvalue weighted by Crippen LogP contribution is 2.40. The molecule has 0 saturated carbocycles. The standard InChI is InChI=1S/C22H20ClNO4S/c1-3-28-20(25)13-16-12-19(29-22(16)15-4-8-17(23)9-5-15)21(24-26)14-6-10-18(27-2)11-7-14/h4-12,21H,3,13H2,1-2H3. The SMILES string of the molecule is CCOC(=O)Cc1cc(C(N=O)c2ccc(OC)cc2)sc1-c1ccc(Cl)cc1. The van der Waals surface area contributed by atoms with E-state index in [0.717, 1.165) is 26.4 Å². The van der Waals surface area contributed by atoms with Gasteiger partial charge in [0.05, 0.1) is 20.1 Å². The van der Waals surface area contributed by atoms with Gasteiger partial charge in [-0.15, -0.1) is 16.2 Å². The summed E-state index contributed by atoms with van der Waals surface area (Å²) in [6.07, 6.45) is 0.122. The van der Waals surface area contributed by atoms with Crippen LogP contribution in [0.5, 0.6) is 5.75 Å². The van der Waals surface area contributed by atoms with E-state index in [2.05, 4.69) is 5.18 Å². The molecule has 7 heteroatoms. The molecule has 0 saturated heterocycles. The number of ether oxygens (including phenoxy) is 2. The van der Waals surface area contributed by atoms with E-state index in [4.69, 9.17) is 21.1 Å². The van der Waals surface area contributed by atoms with Crippen LogP contribution in [0.3, 0.4) is 0 Å². The molecular formula is C22H20ClNO4S. The summed E-state index contributed by atoms with van der Waals surface area (Å²) in [4.78, 5) is 25.5. The van der Waals surface area contributed by atoms with Gasteiger partial charge in [0.25, 0.3) is 0 Å². The van der Waals surface area contributed by atoms with Gasteiger partial charge in [0.1, 0.15) is 5.75 Å². The molecule has 3 rings (SSSR count). The van der Waals surface area contributed by atoms with E-state index >= 15 is 0 Å². The highest BCUT2D eigenvalue weighted by molar-refractivity contribution is 7.15. The highest BCUT2D eigenvalue weighted by atomic mass is 35.5. The third-order valence-electron chi connectivity index (χ3n) is 4.38. The van der Waals surface area contributed by atoms with Gasteiger partial charge in [-0.1, -0.05) is 41.0 Å². The summed E-state index contributed by atoms with van der Waals surface area (Å²) < 4.78 is 10.3. The molecule has 0 amide bonds. The fourth-order valence-corrected chi connectivity index (χ4v) is 4.36. The minimum Gasteiger partial charge on any atom is -0.497 e. The molecule has 0 aliphatic carbocycles. The molecule has 1 atom stereocenters. The highest BCUT2D eigenvalue weighted by Gasteiger charge is 2.22. The van der Waals surface area contributed by atoms with Crippen LogP contribution in [0.1, 0.15) is 29.0 Å². The maximum Gasteiger partial charge on any atom is 0.310 e. The Bertz CT molecular complexity index is 983. The maximum absolute atomic E-state index is 12.1. The first kappa shape index (κ1) is 21.0. The molecule has 2 aromatic carbocycles. The third-order valence-corrected chi connectivity index (χ3v) is 5.91. The lowest BCUT2D eigenvalue weighted by Gasteiger charge is -2.08. The normalized spacial score (nSPS) is 11.7. The second kappa shape index (κ2) is 9.67. The zero-order valence-electron chi connectivity index (χ0n) is 16.1. The van der Waals surface area contributed by atoms with Gasteiger partial charge >= 0.3 is 5.97 Å². The van der Waals surface area contributed by atoms with Gasteiger partial charge in [0, 0.05) is 14.8 Å². The summed E-state index contributed by atoms with van der Waals surface area (Å²) in [5.41, 5.74) is 2.48. The maximum atomic E-state index is 12.1. The van der Waals surface area contributed by atoms with Gasteiger partial charge in [-0.2, -0.15) is 0 Å². The van der Waals surface area contributed by atoms with E-state index in [-0.39, 0.29) is 12.4 Å². The zero-order valence-corrected chi connectivity index (χ0v) is 17.6. The van der Waals surface area contributed by atoms with Crippen molar-refractivity contribution in [2.24, 2.45) is 5.18 Å². The van der Waals surface area contributed by atoms with Crippen LogP contribution >= 0.6 is 22.9 Å². The Kier molecular flexibility index (Phi) is 7.01. The average Bonchev–Trinajstić information content (AvgIpc) is 3.13. The average molecular weight is 430 g/mol. The Morgan fingerprint density at radius 1 is 1.14 bits per heavy atom. The Morgan fingerprint density at radius 2 is 1.83 bits per heavy atom. The van der Waals surface area contributed by atoms with Crippen LogP contribution in [0.25, 0.3) is 10.4 Å². The van der Waals surface area contributed by atoms with Crippen LogP contribution in [0.2, 0.25) is 5.02 Å². The second-order valence-electron chi connectivity index (χ2n) is 6.27. The molecule has 0 bridgehead atoms. The second-order valence-corrected chi connectivity index (χ2v) is 7.79. The molecule has 0 N–H and O–H groups in total. The molecule has 150 valence electrons. The van der Waals surface area contributed by atoms with Crippen molar-refractivity contribution >= 4 is 28.9 Å². The van der Waals surface area contributed by atoms with Gasteiger partial charge in [-0.25, -0.2) is 0 Å². The number of esters is 1. The van der Waals surface area contributed by atoms with Crippen molar-refractivity contribution in [3.05, 3.63) is 80.5 Å². The summed E-state index contributed by atoms with van der Waals surface area (Å²) in [5, 5.41) is 3.97. The van der Waals surface area contributed by atoms with Gasteiger partial charge < -0.3 is 9.47 Å².